The SMILES string of the molecule is C=O.Cc1ccccc1C(F)(F)F. The highest BCUT2D eigenvalue weighted by molar-refractivity contribution is 5.27. The first-order valence-corrected chi connectivity index (χ1v) is 3.43. The fourth-order valence-corrected chi connectivity index (χ4v) is 0.891. The molecule has 0 amide bonds. The van der Waals surface area contributed by atoms with Crippen LogP contribution in [0.2, 0.25) is 0 Å². The van der Waals surface area contributed by atoms with Gasteiger partial charge in [-0.15, -0.1) is 0 Å². The van der Waals surface area contributed by atoms with Gasteiger partial charge in [0.05, 0.1) is 5.56 Å². The molecule has 0 aliphatic heterocycles. The van der Waals surface area contributed by atoms with E-state index in [-0.39, 0.29) is 5.56 Å². The molecule has 0 radical (unpaired) electrons. The molecular formula is C9H9F3O. The maximum Gasteiger partial charge on any atom is 0.416 e. The average Bonchev–Trinajstić information content (AvgIpc) is 2.07. The number of rotatable bonds is 0. The summed E-state index contributed by atoms with van der Waals surface area (Å²) < 4.78 is 36.1. The van der Waals surface area contributed by atoms with Gasteiger partial charge in [-0.1, -0.05) is 18.2 Å². The van der Waals surface area contributed by atoms with Gasteiger partial charge in [0.25, 0.3) is 0 Å². The Balaban J connectivity index is 0.000000671. The normalized spacial score (nSPS) is 10.2. The number of alkyl halides is 3. The van der Waals surface area contributed by atoms with E-state index < -0.39 is 11.7 Å². The standard InChI is InChI=1S/C8H7F3.CH2O/c1-6-4-2-3-5-7(6)8(9,10)11;1-2/h2-5H,1H3;1H2. The van der Waals surface area contributed by atoms with Crippen LogP contribution in [0, 0.1) is 6.92 Å². The maximum atomic E-state index is 12.0. The van der Waals surface area contributed by atoms with Gasteiger partial charge in [-0.2, -0.15) is 13.2 Å². The van der Waals surface area contributed by atoms with Crippen LogP contribution >= 0.6 is 0 Å². The van der Waals surface area contributed by atoms with Crippen LogP contribution < -0.4 is 0 Å². The van der Waals surface area contributed by atoms with Gasteiger partial charge >= 0.3 is 6.18 Å². The molecule has 1 rings (SSSR count). The van der Waals surface area contributed by atoms with Crippen molar-refractivity contribution in [1.82, 2.24) is 0 Å². The Labute approximate surface area is 74.2 Å². The molecule has 0 aliphatic carbocycles. The first-order chi connectivity index (χ1) is 6.02. The quantitative estimate of drug-likeness (QED) is 0.614. The highest BCUT2D eigenvalue weighted by Gasteiger charge is 2.31. The van der Waals surface area contributed by atoms with Crippen LogP contribution in [-0.4, -0.2) is 6.79 Å². The molecular weight excluding hydrogens is 181 g/mol. The summed E-state index contributed by atoms with van der Waals surface area (Å²) in [6.45, 7) is 3.45. The molecule has 1 aromatic carbocycles. The predicted molar refractivity (Wildman–Crippen MR) is 43.3 cm³/mol. The van der Waals surface area contributed by atoms with Gasteiger partial charge in [-0.3, -0.25) is 0 Å². The van der Waals surface area contributed by atoms with Crippen LogP contribution in [0.3, 0.4) is 0 Å². The molecule has 0 N–H and O–H groups in total. The number of carbonyl (C=O) groups is 1. The zero-order valence-corrected chi connectivity index (χ0v) is 7.06. The van der Waals surface area contributed by atoms with Crippen molar-refractivity contribution in [3.63, 3.8) is 0 Å². The van der Waals surface area contributed by atoms with E-state index >= 15 is 0 Å². The van der Waals surface area contributed by atoms with E-state index in [4.69, 9.17) is 4.79 Å². The van der Waals surface area contributed by atoms with Crippen molar-refractivity contribution >= 4 is 6.79 Å². The molecule has 0 fully saturated rings. The number of hydrogen-bond acceptors (Lipinski definition) is 1. The van der Waals surface area contributed by atoms with Crippen molar-refractivity contribution in [2.75, 3.05) is 0 Å². The molecule has 0 saturated heterocycles. The van der Waals surface area contributed by atoms with E-state index in [1.807, 2.05) is 6.79 Å². The van der Waals surface area contributed by atoms with Crippen molar-refractivity contribution in [1.29, 1.82) is 0 Å². The zero-order chi connectivity index (χ0) is 10.5. The summed E-state index contributed by atoms with van der Waals surface area (Å²) in [5.41, 5.74) is -0.292. The topological polar surface area (TPSA) is 17.1 Å². The van der Waals surface area contributed by atoms with E-state index in [1.54, 1.807) is 6.07 Å². The van der Waals surface area contributed by atoms with Crippen LogP contribution in [0.25, 0.3) is 0 Å². The minimum Gasteiger partial charge on any atom is -0.307 e. The molecule has 0 atom stereocenters. The van der Waals surface area contributed by atoms with Crippen molar-refractivity contribution in [2.24, 2.45) is 0 Å². The Bertz CT molecular complexity index is 268. The summed E-state index contributed by atoms with van der Waals surface area (Å²) in [5.74, 6) is 0. The second kappa shape index (κ2) is 4.64. The fraction of sp³-hybridized carbons (Fsp3) is 0.222. The number of hydrogen-bond donors (Lipinski definition) is 0. The molecule has 0 aliphatic rings. The Kier molecular flexibility index (Phi) is 4.17. The van der Waals surface area contributed by atoms with Crippen LogP contribution in [0.15, 0.2) is 24.3 Å². The van der Waals surface area contributed by atoms with E-state index in [0.717, 1.165) is 6.07 Å². The number of aryl methyl sites for hydroxylation is 1. The molecule has 0 unspecified atom stereocenters. The first kappa shape index (κ1) is 11.7. The minimum atomic E-state index is -4.22. The van der Waals surface area contributed by atoms with Crippen molar-refractivity contribution < 1.29 is 18.0 Å². The summed E-state index contributed by atoms with van der Waals surface area (Å²) in [6, 6.07) is 5.50. The van der Waals surface area contributed by atoms with Gasteiger partial charge in [-0.25, -0.2) is 0 Å². The lowest BCUT2D eigenvalue weighted by Crippen LogP contribution is -2.06. The van der Waals surface area contributed by atoms with Gasteiger partial charge in [0, 0.05) is 0 Å². The van der Waals surface area contributed by atoms with Gasteiger partial charge in [0.2, 0.25) is 0 Å². The summed E-state index contributed by atoms with van der Waals surface area (Å²) in [6.07, 6.45) is -4.22. The molecule has 1 aromatic rings. The predicted octanol–water partition coefficient (Wildman–Crippen LogP) is 2.83. The lowest BCUT2D eigenvalue weighted by molar-refractivity contribution is -0.138. The number of carbonyl (C=O) groups excluding carboxylic acids is 1. The van der Waals surface area contributed by atoms with Gasteiger partial charge in [0.15, 0.2) is 0 Å². The highest BCUT2D eigenvalue weighted by atomic mass is 19.4. The Morgan fingerprint density at radius 1 is 1.15 bits per heavy atom. The third-order valence-corrected chi connectivity index (χ3v) is 1.45. The largest absolute Gasteiger partial charge is 0.416 e. The maximum absolute atomic E-state index is 12.0. The summed E-state index contributed by atoms with van der Waals surface area (Å²) in [5, 5.41) is 0. The molecule has 0 aromatic heterocycles. The lowest BCUT2D eigenvalue weighted by Gasteiger charge is -2.08. The van der Waals surface area contributed by atoms with E-state index in [9.17, 15) is 13.2 Å². The van der Waals surface area contributed by atoms with Crippen molar-refractivity contribution in [3.05, 3.63) is 35.4 Å². The molecule has 72 valence electrons. The van der Waals surface area contributed by atoms with E-state index in [2.05, 4.69) is 0 Å². The van der Waals surface area contributed by atoms with Crippen molar-refractivity contribution in [3.8, 4) is 0 Å². The van der Waals surface area contributed by atoms with Crippen LogP contribution in [-0.2, 0) is 11.0 Å². The highest BCUT2D eigenvalue weighted by Crippen LogP contribution is 2.31. The van der Waals surface area contributed by atoms with Crippen LogP contribution in [0.1, 0.15) is 11.1 Å². The molecule has 4 heteroatoms. The second-order valence-corrected chi connectivity index (χ2v) is 2.31. The fourth-order valence-electron chi connectivity index (χ4n) is 0.891. The summed E-state index contributed by atoms with van der Waals surface area (Å²) in [4.78, 5) is 8.00. The monoisotopic (exact) mass is 190 g/mol. The molecule has 0 saturated carbocycles. The van der Waals surface area contributed by atoms with Gasteiger partial charge < -0.3 is 4.79 Å². The van der Waals surface area contributed by atoms with Gasteiger partial charge in [0.1, 0.15) is 6.79 Å². The van der Waals surface area contributed by atoms with Gasteiger partial charge in [-0.05, 0) is 18.6 Å². The summed E-state index contributed by atoms with van der Waals surface area (Å²) >= 11 is 0. The minimum absolute atomic E-state index is 0.264. The number of benzene rings is 1. The smallest absolute Gasteiger partial charge is 0.307 e. The molecule has 0 bridgehead atoms. The Morgan fingerprint density at radius 3 is 1.92 bits per heavy atom. The molecule has 0 spiro atoms. The Morgan fingerprint density at radius 2 is 1.62 bits per heavy atom. The summed E-state index contributed by atoms with van der Waals surface area (Å²) in [7, 11) is 0. The van der Waals surface area contributed by atoms with Crippen molar-refractivity contribution in [2.45, 2.75) is 13.1 Å². The van der Waals surface area contributed by atoms with E-state index in [1.165, 1.54) is 19.1 Å². The first-order valence-electron chi connectivity index (χ1n) is 3.43. The lowest BCUT2D eigenvalue weighted by atomic mass is 10.1. The van der Waals surface area contributed by atoms with Crippen LogP contribution in [0.4, 0.5) is 13.2 Å². The third kappa shape index (κ3) is 3.27. The third-order valence-electron chi connectivity index (χ3n) is 1.45. The molecule has 0 heterocycles. The number of halogens is 3. The zero-order valence-electron chi connectivity index (χ0n) is 7.06. The average molecular weight is 190 g/mol. The van der Waals surface area contributed by atoms with E-state index in [0.29, 0.717) is 0 Å². The molecule has 13 heavy (non-hydrogen) atoms. The van der Waals surface area contributed by atoms with Crippen LogP contribution in [0.5, 0.6) is 0 Å². The Hall–Kier alpha value is -1.32. The molecule has 1 nitrogen and oxygen atoms in total. The second-order valence-electron chi connectivity index (χ2n) is 2.31.